The summed E-state index contributed by atoms with van der Waals surface area (Å²) in [5, 5.41) is 23.6. The van der Waals surface area contributed by atoms with E-state index >= 15 is 0 Å². The van der Waals surface area contributed by atoms with Gasteiger partial charge in [-0.15, -0.1) is 11.3 Å². The SMILES string of the molecule is O=C(Nc1sccc1C(=O)O)c1cc(Cl)ncc1[N+](=O)[O-]. The van der Waals surface area contributed by atoms with Gasteiger partial charge in [0.05, 0.1) is 10.5 Å². The van der Waals surface area contributed by atoms with E-state index in [4.69, 9.17) is 16.7 Å². The molecule has 21 heavy (non-hydrogen) atoms. The van der Waals surface area contributed by atoms with Gasteiger partial charge < -0.3 is 10.4 Å². The Hall–Kier alpha value is -2.52. The van der Waals surface area contributed by atoms with Crippen molar-refractivity contribution in [2.24, 2.45) is 0 Å². The number of hydrogen-bond donors (Lipinski definition) is 2. The second kappa shape index (κ2) is 5.85. The second-order valence-corrected chi connectivity index (χ2v) is 5.01. The number of rotatable bonds is 4. The van der Waals surface area contributed by atoms with Crippen LogP contribution in [0, 0.1) is 10.1 Å². The molecule has 2 aromatic rings. The standard InChI is InChI=1S/C11H6ClN3O5S/c12-8-3-6(7(4-13-8)15(19)20)9(16)14-10-5(11(17)18)1-2-21-10/h1-4H,(H,14,16)(H,17,18). The molecule has 8 nitrogen and oxygen atoms in total. The van der Waals surface area contributed by atoms with Crippen molar-refractivity contribution in [2.45, 2.75) is 0 Å². The van der Waals surface area contributed by atoms with E-state index in [-0.39, 0.29) is 21.3 Å². The molecule has 2 N–H and O–H groups in total. The molecule has 0 spiro atoms. The fourth-order valence-corrected chi connectivity index (χ4v) is 2.43. The van der Waals surface area contributed by atoms with Crippen LogP contribution in [0.5, 0.6) is 0 Å². The lowest BCUT2D eigenvalue weighted by atomic mass is 10.2. The van der Waals surface area contributed by atoms with Crippen LogP contribution in [-0.2, 0) is 0 Å². The lowest BCUT2D eigenvalue weighted by Gasteiger charge is -2.05. The number of carboxylic acid groups (broad SMARTS) is 1. The molecule has 0 radical (unpaired) electrons. The van der Waals surface area contributed by atoms with Crippen molar-refractivity contribution < 1.29 is 19.6 Å². The van der Waals surface area contributed by atoms with E-state index in [1.165, 1.54) is 11.4 Å². The average molecular weight is 328 g/mol. The van der Waals surface area contributed by atoms with E-state index in [9.17, 15) is 19.7 Å². The van der Waals surface area contributed by atoms with Gasteiger partial charge in [0.2, 0.25) is 0 Å². The third-order valence-corrected chi connectivity index (χ3v) is 3.45. The number of carboxylic acids is 1. The first kappa shape index (κ1) is 14.9. The van der Waals surface area contributed by atoms with Crippen LogP contribution in [0.1, 0.15) is 20.7 Å². The van der Waals surface area contributed by atoms with Crippen molar-refractivity contribution >= 4 is 45.5 Å². The van der Waals surface area contributed by atoms with Gasteiger partial charge in [-0.1, -0.05) is 11.6 Å². The Bertz CT molecular complexity index is 745. The quantitative estimate of drug-likeness (QED) is 0.505. The Morgan fingerprint density at radius 1 is 1.43 bits per heavy atom. The summed E-state index contributed by atoms with van der Waals surface area (Å²) in [5.74, 6) is -2.05. The van der Waals surface area contributed by atoms with E-state index in [2.05, 4.69) is 10.3 Å². The first-order valence-corrected chi connectivity index (χ1v) is 6.58. The molecule has 0 saturated carbocycles. The van der Waals surface area contributed by atoms with Crippen LogP contribution < -0.4 is 5.32 Å². The fourth-order valence-electron chi connectivity index (χ4n) is 1.49. The lowest BCUT2D eigenvalue weighted by Crippen LogP contribution is -2.15. The molecule has 0 bridgehead atoms. The monoisotopic (exact) mass is 327 g/mol. The fraction of sp³-hybridized carbons (Fsp3) is 0. The predicted molar refractivity (Wildman–Crippen MR) is 75.1 cm³/mol. The Balaban J connectivity index is 2.37. The van der Waals surface area contributed by atoms with Crippen molar-refractivity contribution in [2.75, 3.05) is 5.32 Å². The van der Waals surface area contributed by atoms with Gasteiger partial charge in [0.15, 0.2) is 0 Å². The Morgan fingerprint density at radius 3 is 2.76 bits per heavy atom. The van der Waals surface area contributed by atoms with Crippen molar-refractivity contribution in [3.63, 3.8) is 0 Å². The Kier molecular flexibility index (Phi) is 4.15. The van der Waals surface area contributed by atoms with Gasteiger partial charge in [-0.25, -0.2) is 9.78 Å². The zero-order valence-corrected chi connectivity index (χ0v) is 11.6. The third-order valence-electron chi connectivity index (χ3n) is 2.41. The molecule has 1 amide bonds. The van der Waals surface area contributed by atoms with Crippen LogP contribution >= 0.6 is 22.9 Å². The lowest BCUT2D eigenvalue weighted by molar-refractivity contribution is -0.385. The number of anilines is 1. The molecule has 0 aliphatic rings. The van der Waals surface area contributed by atoms with Crippen LogP contribution in [0.3, 0.4) is 0 Å². The van der Waals surface area contributed by atoms with Gasteiger partial charge in [-0.2, -0.15) is 0 Å². The molecular weight excluding hydrogens is 322 g/mol. The zero-order chi connectivity index (χ0) is 15.6. The number of hydrogen-bond acceptors (Lipinski definition) is 6. The molecule has 108 valence electrons. The van der Waals surface area contributed by atoms with Crippen LogP contribution in [0.4, 0.5) is 10.7 Å². The number of aromatic nitrogens is 1. The summed E-state index contributed by atoms with van der Waals surface area (Å²) in [5.41, 5.74) is -0.925. The number of nitrogens with one attached hydrogen (secondary N) is 1. The molecule has 0 fully saturated rings. The van der Waals surface area contributed by atoms with Crippen LogP contribution in [0.15, 0.2) is 23.7 Å². The van der Waals surface area contributed by atoms with Gasteiger partial charge in [-0.05, 0) is 17.5 Å². The first-order valence-electron chi connectivity index (χ1n) is 5.32. The van der Waals surface area contributed by atoms with Crippen molar-refractivity contribution in [3.8, 4) is 0 Å². The van der Waals surface area contributed by atoms with Gasteiger partial charge in [0, 0.05) is 0 Å². The Morgan fingerprint density at radius 2 is 2.14 bits per heavy atom. The number of nitrogens with zero attached hydrogens (tertiary/aromatic N) is 2. The Labute approximate surface area is 126 Å². The van der Waals surface area contributed by atoms with Gasteiger partial charge in [0.25, 0.3) is 11.6 Å². The van der Waals surface area contributed by atoms with E-state index < -0.39 is 22.5 Å². The van der Waals surface area contributed by atoms with Gasteiger partial charge in [-0.3, -0.25) is 14.9 Å². The van der Waals surface area contributed by atoms with Gasteiger partial charge in [0.1, 0.15) is 21.9 Å². The third kappa shape index (κ3) is 3.15. The summed E-state index contributed by atoms with van der Waals surface area (Å²) in [7, 11) is 0. The minimum atomic E-state index is -1.21. The van der Waals surface area contributed by atoms with E-state index in [1.807, 2.05) is 0 Å². The topological polar surface area (TPSA) is 122 Å². The number of carbonyl (C=O) groups excluding carboxylic acids is 1. The molecule has 0 unspecified atom stereocenters. The largest absolute Gasteiger partial charge is 0.478 e. The minimum absolute atomic E-state index is 0.0785. The van der Waals surface area contributed by atoms with Crippen LogP contribution in [0.25, 0.3) is 0 Å². The number of carbonyl (C=O) groups is 2. The summed E-state index contributed by atoms with van der Waals surface area (Å²) in [6, 6.07) is 2.36. The smallest absolute Gasteiger partial charge is 0.338 e. The summed E-state index contributed by atoms with van der Waals surface area (Å²) < 4.78 is 0. The maximum absolute atomic E-state index is 12.1. The van der Waals surface area contributed by atoms with E-state index in [1.54, 1.807) is 0 Å². The number of halogens is 1. The highest BCUT2D eigenvalue weighted by Crippen LogP contribution is 2.26. The predicted octanol–water partition coefficient (Wildman–Crippen LogP) is 2.66. The number of nitro groups is 1. The molecule has 2 aromatic heterocycles. The first-order chi connectivity index (χ1) is 9.90. The van der Waals surface area contributed by atoms with Crippen molar-refractivity contribution in [1.29, 1.82) is 0 Å². The molecule has 0 atom stereocenters. The molecule has 2 heterocycles. The normalized spacial score (nSPS) is 10.1. The molecule has 0 aromatic carbocycles. The molecule has 2 rings (SSSR count). The van der Waals surface area contributed by atoms with E-state index in [0.29, 0.717) is 0 Å². The highest BCUT2D eigenvalue weighted by molar-refractivity contribution is 7.14. The van der Waals surface area contributed by atoms with Crippen molar-refractivity contribution in [1.82, 2.24) is 4.98 Å². The number of amides is 1. The summed E-state index contributed by atoms with van der Waals surface area (Å²) in [6.07, 6.45) is 0.865. The molecule has 10 heteroatoms. The van der Waals surface area contributed by atoms with Crippen LogP contribution in [-0.4, -0.2) is 26.9 Å². The van der Waals surface area contributed by atoms with Crippen LogP contribution in [0.2, 0.25) is 5.15 Å². The molecule has 0 aliphatic carbocycles. The maximum atomic E-state index is 12.1. The number of pyridine rings is 1. The van der Waals surface area contributed by atoms with Gasteiger partial charge >= 0.3 is 5.97 Å². The summed E-state index contributed by atoms with van der Waals surface area (Å²) in [6.45, 7) is 0. The van der Waals surface area contributed by atoms with Crippen molar-refractivity contribution in [3.05, 3.63) is 50.1 Å². The molecular formula is C11H6ClN3O5S. The summed E-state index contributed by atoms with van der Waals surface area (Å²) in [4.78, 5) is 36.7. The summed E-state index contributed by atoms with van der Waals surface area (Å²) >= 11 is 6.61. The minimum Gasteiger partial charge on any atom is -0.478 e. The number of aromatic carboxylic acids is 1. The molecule has 0 saturated heterocycles. The zero-order valence-electron chi connectivity index (χ0n) is 10.1. The highest BCUT2D eigenvalue weighted by atomic mass is 35.5. The second-order valence-electron chi connectivity index (χ2n) is 3.70. The number of thiophene rings is 1. The highest BCUT2D eigenvalue weighted by Gasteiger charge is 2.23. The molecule has 0 aliphatic heterocycles. The average Bonchev–Trinajstić information content (AvgIpc) is 2.86. The maximum Gasteiger partial charge on any atom is 0.338 e. The van der Waals surface area contributed by atoms with E-state index in [0.717, 1.165) is 23.6 Å².